The number of rotatable bonds is 3. The number of ether oxygens (including phenoxy) is 2. The van der Waals surface area contributed by atoms with Crippen LogP contribution in [0, 0.1) is 5.41 Å². The Morgan fingerprint density at radius 3 is 2.68 bits per heavy atom. The van der Waals surface area contributed by atoms with Gasteiger partial charge in [0.15, 0.2) is 0 Å². The number of halogens is 1. The first-order valence-corrected chi connectivity index (χ1v) is 8.31. The van der Waals surface area contributed by atoms with Gasteiger partial charge in [0.2, 0.25) is 5.95 Å². The summed E-state index contributed by atoms with van der Waals surface area (Å²) >= 11 is 3.35. The standard InChI is InChI=1S/C17H15BrN4O3/c1-2-24-17(23)21-16-20-13-5-3-4-6-14(13)22(16)15(19)25-12-9-7-11(18)8-10-12/h3-10,19H,2H2,1H3,(H,20,21,23). The Morgan fingerprint density at radius 2 is 1.96 bits per heavy atom. The van der Waals surface area contributed by atoms with E-state index in [2.05, 4.69) is 26.2 Å². The molecule has 2 aromatic carbocycles. The van der Waals surface area contributed by atoms with Crippen LogP contribution in [0.1, 0.15) is 6.92 Å². The minimum atomic E-state index is -0.643. The SMILES string of the molecule is CCOC(=O)Nc1nc2ccccc2n1C(=N)Oc1ccc(Br)cc1. The average molecular weight is 403 g/mol. The van der Waals surface area contributed by atoms with Crippen LogP contribution in [0.4, 0.5) is 10.7 Å². The van der Waals surface area contributed by atoms with Crippen molar-refractivity contribution in [1.29, 1.82) is 5.41 Å². The van der Waals surface area contributed by atoms with Gasteiger partial charge >= 0.3 is 12.1 Å². The summed E-state index contributed by atoms with van der Waals surface area (Å²) in [6, 6.07) is 14.1. The van der Waals surface area contributed by atoms with Gasteiger partial charge in [-0.2, -0.15) is 0 Å². The maximum atomic E-state index is 11.8. The lowest BCUT2D eigenvalue weighted by Gasteiger charge is -2.12. The number of fused-ring (bicyclic) bond motifs is 1. The summed E-state index contributed by atoms with van der Waals surface area (Å²) in [5.41, 5.74) is 1.26. The van der Waals surface area contributed by atoms with Crippen molar-refractivity contribution >= 4 is 45.0 Å². The molecule has 128 valence electrons. The number of aromatic nitrogens is 2. The second kappa shape index (κ2) is 7.35. The second-order valence-corrected chi connectivity index (χ2v) is 5.88. The van der Waals surface area contributed by atoms with Crippen molar-refractivity contribution < 1.29 is 14.3 Å². The highest BCUT2D eigenvalue weighted by Crippen LogP contribution is 2.22. The van der Waals surface area contributed by atoms with Gasteiger partial charge in [-0.1, -0.05) is 28.1 Å². The largest absolute Gasteiger partial charge is 0.450 e. The van der Waals surface area contributed by atoms with E-state index in [9.17, 15) is 4.79 Å². The predicted molar refractivity (Wildman–Crippen MR) is 98.3 cm³/mol. The minimum Gasteiger partial charge on any atom is -0.450 e. The number of hydrogen-bond donors (Lipinski definition) is 2. The number of amides is 1. The third-order valence-electron chi connectivity index (χ3n) is 3.28. The van der Waals surface area contributed by atoms with Crippen molar-refractivity contribution in [3.05, 3.63) is 53.0 Å². The Bertz CT molecular complexity index is 921. The summed E-state index contributed by atoms with van der Waals surface area (Å²) in [6.07, 6.45) is -0.643. The average Bonchev–Trinajstić information content (AvgIpc) is 2.95. The molecule has 0 spiro atoms. The van der Waals surface area contributed by atoms with Gasteiger partial charge in [0.25, 0.3) is 0 Å². The fraction of sp³-hybridized carbons (Fsp3) is 0.118. The number of nitrogens with one attached hydrogen (secondary N) is 2. The van der Waals surface area contributed by atoms with E-state index in [1.165, 1.54) is 4.57 Å². The van der Waals surface area contributed by atoms with Crippen LogP contribution in [0.25, 0.3) is 11.0 Å². The van der Waals surface area contributed by atoms with Crippen molar-refractivity contribution in [2.45, 2.75) is 6.92 Å². The molecule has 0 aliphatic carbocycles. The lowest BCUT2D eigenvalue weighted by Crippen LogP contribution is -2.23. The van der Waals surface area contributed by atoms with Gasteiger partial charge in [-0.25, -0.2) is 14.3 Å². The van der Waals surface area contributed by atoms with Gasteiger partial charge < -0.3 is 9.47 Å². The summed E-state index contributed by atoms with van der Waals surface area (Å²) in [7, 11) is 0. The Balaban J connectivity index is 1.96. The van der Waals surface area contributed by atoms with Crippen molar-refractivity contribution in [2.24, 2.45) is 0 Å². The van der Waals surface area contributed by atoms with E-state index in [0.29, 0.717) is 16.8 Å². The number of imidazole rings is 1. The predicted octanol–water partition coefficient (Wildman–Crippen LogP) is 4.23. The monoisotopic (exact) mass is 402 g/mol. The fourth-order valence-corrected chi connectivity index (χ4v) is 2.50. The zero-order valence-electron chi connectivity index (χ0n) is 13.3. The minimum absolute atomic E-state index is 0.154. The molecular formula is C17H15BrN4O3. The van der Waals surface area contributed by atoms with E-state index in [-0.39, 0.29) is 18.6 Å². The molecular weight excluding hydrogens is 388 g/mol. The smallest absolute Gasteiger partial charge is 0.413 e. The summed E-state index contributed by atoms with van der Waals surface area (Å²) < 4.78 is 12.8. The van der Waals surface area contributed by atoms with Crippen molar-refractivity contribution in [1.82, 2.24) is 9.55 Å². The number of carbonyl (C=O) groups is 1. The molecule has 0 aliphatic rings. The van der Waals surface area contributed by atoms with Gasteiger partial charge in [0.05, 0.1) is 17.6 Å². The van der Waals surface area contributed by atoms with Crippen LogP contribution in [0.2, 0.25) is 0 Å². The molecule has 0 radical (unpaired) electrons. The van der Waals surface area contributed by atoms with E-state index in [1.807, 2.05) is 24.3 Å². The molecule has 7 nitrogen and oxygen atoms in total. The molecule has 1 amide bonds. The number of para-hydroxylation sites is 2. The number of nitrogens with zero attached hydrogens (tertiary/aromatic N) is 2. The van der Waals surface area contributed by atoms with Crippen LogP contribution < -0.4 is 10.1 Å². The van der Waals surface area contributed by atoms with Crippen molar-refractivity contribution in [3.63, 3.8) is 0 Å². The summed E-state index contributed by atoms with van der Waals surface area (Å²) in [4.78, 5) is 16.1. The van der Waals surface area contributed by atoms with Crippen molar-refractivity contribution in [3.8, 4) is 5.75 Å². The highest BCUT2D eigenvalue weighted by atomic mass is 79.9. The third-order valence-corrected chi connectivity index (χ3v) is 3.81. The molecule has 3 rings (SSSR count). The van der Waals surface area contributed by atoms with E-state index in [4.69, 9.17) is 14.9 Å². The van der Waals surface area contributed by atoms with Crippen LogP contribution in [0.5, 0.6) is 5.75 Å². The van der Waals surface area contributed by atoms with Gasteiger partial charge in [0, 0.05) is 4.47 Å². The number of benzene rings is 2. The van der Waals surface area contributed by atoms with Gasteiger partial charge in [-0.15, -0.1) is 0 Å². The van der Waals surface area contributed by atoms with Gasteiger partial charge in [-0.3, -0.25) is 10.7 Å². The first kappa shape index (κ1) is 17.0. The molecule has 25 heavy (non-hydrogen) atoms. The first-order chi connectivity index (χ1) is 12.1. The van der Waals surface area contributed by atoms with Gasteiger partial charge in [0.1, 0.15) is 5.75 Å². The Hall–Kier alpha value is -2.87. The molecule has 3 aromatic rings. The Kier molecular flexibility index (Phi) is 4.99. The van der Waals surface area contributed by atoms with E-state index >= 15 is 0 Å². The molecule has 0 unspecified atom stereocenters. The quantitative estimate of drug-likeness (QED) is 0.506. The van der Waals surface area contributed by atoms with Gasteiger partial charge in [-0.05, 0) is 43.3 Å². The molecule has 1 aromatic heterocycles. The van der Waals surface area contributed by atoms with E-state index in [0.717, 1.165) is 4.47 Å². The summed E-state index contributed by atoms with van der Waals surface area (Å²) in [6.45, 7) is 1.94. The zero-order chi connectivity index (χ0) is 17.8. The maximum Gasteiger partial charge on any atom is 0.413 e. The number of hydrogen-bond acceptors (Lipinski definition) is 5. The molecule has 0 bridgehead atoms. The topological polar surface area (TPSA) is 89.2 Å². The highest BCUT2D eigenvalue weighted by molar-refractivity contribution is 9.10. The van der Waals surface area contributed by atoms with E-state index in [1.54, 1.807) is 31.2 Å². The Morgan fingerprint density at radius 1 is 1.24 bits per heavy atom. The van der Waals surface area contributed by atoms with Crippen LogP contribution in [0.3, 0.4) is 0 Å². The molecule has 0 atom stereocenters. The van der Waals surface area contributed by atoms with Crippen molar-refractivity contribution in [2.75, 3.05) is 11.9 Å². The zero-order valence-corrected chi connectivity index (χ0v) is 14.9. The molecule has 0 saturated carbocycles. The van der Waals surface area contributed by atoms with Crippen LogP contribution in [0.15, 0.2) is 53.0 Å². The second-order valence-electron chi connectivity index (χ2n) is 4.97. The van der Waals surface area contributed by atoms with Crippen LogP contribution >= 0.6 is 15.9 Å². The summed E-state index contributed by atoms with van der Waals surface area (Å²) in [5, 5.41) is 10.8. The lowest BCUT2D eigenvalue weighted by atomic mass is 10.3. The van der Waals surface area contributed by atoms with E-state index < -0.39 is 6.09 Å². The Labute approximate surface area is 152 Å². The normalized spacial score (nSPS) is 10.5. The molecule has 2 N–H and O–H groups in total. The van der Waals surface area contributed by atoms with Crippen LogP contribution in [-0.2, 0) is 4.74 Å². The molecule has 0 aliphatic heterocycles. The van der Waals surface area contributed by atoms with Crippen LogP contribution in [-0.4, -0.2) is 28.3 Å². The summed E-state index contributed by atoms with van der Waals surface area (Å²) in [5.74, 6) is 0.648. The molecule has 8 heteroatoms. The molecule has 0 fully saturated rings. The molecule has 0 saturated heterocycles. The number of carbonyl (C=O) groups excluding carboxylic acids is 1. The maximum absolute atomic E-state index is 11.8. The highest BCUT2D eigenvalue weighted by Gasteiger charge is 2.18. The fourth-order valence-electron chi connectivity index (χ4n) is 2.23. The lowest BCUT2D eigenvalue weighted by molar-refractivity contribution is 0.167. The third kappa shape index (κ3) is 3.80. The molecule has 1 heterocycles. The first-order valence-electron chi connectivity index (χ1n) is 7.52. The number of anilines is 1.